The molecule has 0 fully saturated rings. The molecule has 0 amide bonds. The third kappa shape index (κ3) is 5.12. The fourth-order valence-corrected chi connectivity index (χ4v) is 2.26. The smallest absolute Gasteiger partial charge is 0.433 e. The average Bonchev–Trinajstić information content (AvgIpc) is 2.68. The molecule has 0 rings (SSSR count). The lowest BCUT2D eigenvalue weighted by atomic mass is 9.83. The van der Waals surface area contributed by atoms with Crippen molar-refractivity contribution < 1.29 is 98.1 Å². The quantitative estimate of drug-likeness (QED) is 0.129. The predicted octanol–water partition coefficient (Wildman–Crippen LogP) is 6.46. The van der Waals surface area contributed by atoms with E-state index in [1.165, 1.54) is 0 Å². The van der Waals surface area contributed by atoms with Gasteiger partial charge in [-0.1, -0.05) is 6.58 Å². The Labute approximate surface area is 190 Å². The van der Waals surface area contributed by atoms with Crippen molar-refractivity contribution in [2.75, 3.05) is 0 Å². The Balaban J connectivity index is 6.70. The van der Waals surface area contributed by atoms with Gasteiger partial charge in [-0.15, -0.1) is 0 Å². The highest BCUT2D eigenvalue weighted by molar-refractivity contribution is 5.81. The maximum atomic E-state index is 13.6. The SMILES string of the molecule is C=CC(=O)OC(O)CCC(F)(F)C(F)(F)C(F)(F)C(F)(F)C(F)(F)C(F)(F)C(F)(C(F)(F)F)C(F)(F)F. The summed E-state index contributed by atoms with van der Waals surface area (Å²) in [5.41, 5.74) is -8.80. The van der Waals surface area contributed by atoms with Gasteiger partial charge in [0.05, 0.1) is 0 Å². The number of hydrogen-bond acceptors (Lipinski definition) is 3. The van der Waals surface area contributed by atoms with Crippen LogP contribution in [0.25, 0.3) is 0 Å². The number of rotatable bonds is 11. The molecular weight excluding hydrogens is 589 g/mol. The van der Waals surface area contributed by atoms with E-state index in [0.29, 0.717) is 0 Å². The molecule has 220 valence electrons. The van der Waals surface area contributed by atoms with Gasteiger partial charge < -0.3 is 9.84 Å². The van der Waals surface area contributed by atoms with Gasteiger partial charge in [-0.25, -0.2) is 9.18 Å². The van der Waals surface area contributed by atoms with Crippen LogP contribution in [-0.4, -0.2) is 70.9 Å². The maximum Gasteiger partial charge on any atom is 0.438 e. The normalized spacial score (nSPS) is 16.4. The summed E-state index contributed by atoms with van der Waals surface area (Å²) >= 11 is 0. The summed E-state index contributed by atoms with van der Waals surface area (Å²) in [5.74, 6) is -52.3. The maximum absolute atomic E-state index is 13.6. The number of halogens is 19. The van der Waals surface area contributed by atoms with Crippen LogP contribution in [0.4, 0.5) is 83.4 Å². The second kappa shape index (κ2) is 9.54. The van der Waals surface area contributed by atoms with Crippen LogP contribution in [-0.2, 0) is 9.53 Å². The molecule has 0 aromatic carbocycles. The number of hydrogen-bond donors (Lipinski definition) is 1. The molecule has 0 aromatic heterocycles. The fourth-order valence-electron chi connectivity index (χ4n) is 2.26. The zero-order valence-electron chi connectivity index (χ0n) is 16.7. The molecule has 0 bridgehead atoms. The second-order valence-electron chi connectivity index (χ2n) is 6.86. The molecule has 0 aliphatic rings. The number of ether oxygens (including phenoxy) is 1. The van der Waals surface area contributed by atoms with Crippen LogP contribution in [0, 0.1) is 0 Å². The largest absolute Gasteiger partial charge is 0.438 e. The van der Waals surface area contributed by atoms with Crippen molar-refractivity contribution in [2.45, 2.75) is 72.7 Å². The van der Waals surface area contributed by atoms with Crippen molar-refractivity contribution in [3.05, 3.63) is 12.7 Å². The Morgan fingerprint density at radius 3 is 1.30 bits per heavy atom. The number of carbonyl (C=O) groups is 1. The lowest BCUT2D eigenvalue weighted by Crippen LogP contribution is -2.77. The first-order valence-corrected chi connectivity index (χ1v) is 8.45. The average molecular weight is 598 g/mol. The third-order valence-corrected chi connectivity index (χ3v) is 4.37. The number of carbonyl (C=O) groups excluding carboxylic acids is 1. The van der Waals surface area contributed by atoms with E-state index < -0.39 is 78.7 Å². The molecular formula is C15H9F19O3. The summed E-state index contributed by atoms with van der Waals surface area (Å²) in [4.78, 5) is 10.7. The first-order valence-electron chi connectivity index (χ1n) is 8.45. The van der Waals surface area contributed by atoms with Gasteiger partial charge in [-0.3, -0.25) is 0 Å². The van der Waals surface area contributed by atoms with Crippen molar-refractivity contribution in [1.82, 2.24) is 0 Å². The molecule has 1 N–H and O–H groups in total. The zero-order chi connectivity index (χ0) is 30.5. The van der Waals surface area contributed by atoms with Crippen LogP contribution >= 0.6 is 0 Å². The molecule has 0 saturated carbocycles. The summed E-state index contributed by atoms with van der Waals surface area (Å²) in [5, 5.41) is 8.94. The molecule has 0 spiro atoms. The van der Waals surface area contributed by atoms with Gasteiger partial charge in [0.1, 0.15) is 0 Å². The monoisotopic (exact) mass is 598 g/mol. The van der Waals surface area contributed by atoms with Crippen molar-refractivity contribution in [3.63, 3.8) is 0 Å². The molecule has 37 heavy (non-hydrogen) atoms. The Morgan fingerprint density at radius 2 is 0.973 bits per heavy atom. The van der Waals surface area contributed by atoms with Crippen molar-refractivity contribution in [1.29, 1.82) is 0 Å². The first-order chi connectivity index (χ1) is 15.8. The van der Waals surface area contributed by atoms with E-state index in [1.807, 2.05) is 0 Å². The van der Waals surface area contributed by atoms with E-state index in [1.54, 1.807) is 0 Å². The van der Waals surface area contributed by atoms with Gasteiger partial charge in [0.25, 0.3) is 0 Å². The molecule has 0 radical (unpaired) electrons. The van der Waals surface area contributed by atoms with E-state index >= 15 is 0 Å². The summed E-state index contributed by atoms with van der Waals surface area (Å²) in [6.45, 7) is 2.68. The predicted molar refractivity (Wildman–Crippen MR) is 77.2 cm³/mol. The highest BCUT2D eigenvalue weighted by atomic mass is 19.4. The Morgan fingerprint density at radius 1 is 0.649 bits per heavy atom. The second-order valence-corrected chi connectivity index (χ2v) is 6.86. The fraction of sp³-hybridized carbons (Fsp3) is 0.800. The van der Waals surface area contributed by atoms with Crippen LogP contribution in [0.5, 0.6) is 0 Å². The topological polar surface area (TPSA) is 46.5 Å². The van der Waals surface area contributed by atoms with Crippen LogP contribution in [0.1, 0.15) is 12.8 Å². The highest BCUT2D eigenvalue weighted by Gasteiger charge is 2.98. The van der Waals surface area contributed by atoms with Crippen LogP contribution < -0.4 is 0 Å². The van der Waals surface area contributed by atoms with E-state index in [0.717, 1.165) is 0 Å². The minimum absolute atomic E-state index is 0.194. The van der Waals surface area contributed by atoms with E-state index in [2.05, 4.69) is 11.3 Å². The minimum atomic E-state index is -9.10. The summed E-state index contributed by atoms with van der Waals surface area (Å²) in [7, 11) is 0. The summed E-state index contributed by atoms with van der Waals surface area (Å²) in [6.07, 6.45) is -24.6. The van der Waals surface area contributed by atoms with Crippen LogP contribution in [0.2, 0.25) is 0 Å². The standard InChI is InChI=1S/C15H9F19O3/c1-2-5(35)37-6(36)3-4-7(16,17)9(19,20)11(23,24)13(27,28)12(25,26)10(21,22)8(18,14(29,30)31)15(32,33)34/h2,6,36H,1,3-4H2. The first kappa shape index (κ1) is 34.8. The number of esters is 1. The van der Waals surface area contributed by atoms with E-state index in [4.69, 9.17) is 5.11 Å². The molecule has 0 saturated heterocycles. The van der Waals surface area contributed by atoms with Gasteiger partial charge in [0.15, 0.2) is 0 Å². The molecule has 0 aliphatic carbocycles. The molecule has 0 aliphatic heterocycles. The van der Waals surface area contributed by atoms with Gasteiger partial charge in [0.2, 0.25) is 6.29 Å². The Bertz CT molecular complexity index is 827. The molecule has 1 atom stereocenters. The Hall–Kier alpha value is -2.16. The van der Waals surface area contributed by atoms with Crippen LogP contribution in [0.3, 0.4) is 0 Å². The van der Waals surface area contributed by atoms with Crippen molar-refractivity contribution in [2.24, 2.45) is 0 Å². The van der Waals surface area contributed by atoms with Gasteiger partial charge >= 0.3 is 59.5 Å². The van der Waals surface area contributed by atoms with Gasteiger partial charge in [-0.2, -0.15) is 79.0 Å². The number of alkyl halides is 19. The molecule has 0 heterocycles. The molecule has 3 nitrogen and oxygen atoms in total. The van der Waals surface area contributed by atoms with Crippen molar-refractivity contribution >= 4 is 5.97 Å². The minimum Gasteiger partial charge on any atom is -0.433 e. The van der Waals surface area contributed by atoms with Gasteiger partial charge in [0, 0.05) is 18.9 Å². The van der Waals surface area contributed by atoms with E-state index in [9.17, 15) is 88.2 Å². The zero-order valence-corrected chi connectivity index (χ0v) is 16.7. The van der Waals surface area contributed by atoms with Crippen LogP contribution in [0.15, 0.2) is 12.7 Å². The molecule has 22 heteroatoms. The van der Waals surface area contributed by atoms with E-state index in [-0.39, 0.29) is 6.08 Å². The Kier molecular flexibility index (Phi) is 8.99. The number of aliphatic hydroxyl groups is 1. The lowest BCUT2D eigenvalue weighted by molar-refractivity contribution is -0.472. The molecule has 1 unspecified atom stereocenters. The van der Waals surface area contributed by atoms with Gasteiger partial charge in [-0.05, 0) is 0 Å². The number of aliphatic hydroxyl groups excluding tert-OH is 1. The molecule has 0 aromatic rings. The third-order valence-electron chi connectivity index (χ3n) is 4.37. The highest BCUT2D eigenvalue weighted by Crippen LogP contribution is 2.66. The summed E-state index contributed by atoms with van der Waals surface area (Å²) < 4.78 is 254. The summed E-state index contributed by atoms with van der Waals surface area (Å²) in [6, 6.07) is 0. The lowest BCUT2D eigenvalue weighted by Gasteiger charge is -2.45. The van der Waals surface area contributed by atoms with Crippen molar-refractivity contribution in [3.8, 4) is 0 Å².